The number of rotatable bonds is 9. The zero-order valence-corrected chi connectivity index (χ0v) is 21.0. The van der Waals surface area contributed by atoms with Crippen molar-refractivity contribution in [1.82, 2.24) is 20.4 Å². The van der Waals surface area contributed by atoms with Crippen molar-refractivity contribution < 1.29 is 18.8 Å². The van der Waals surface area contributed by atoms with Crippen LogP contribution in [0.15, 0.2) is 57.5 Å². The molecule has 180 valence electrons. The lowest BCUT2D eigenvalue weighted by Gasteiger charge is -2.31. The minimum atomic E-state index is -0.128. The average molecular weight is 529 g/mol. The quantitative estimate of drug-likeness (QED) is 0.442. The third-order valence-corrected chi connectivity index (χ3v) is 6.23. The van der Waals surface area contributed by atoms with Crippen LogP contribution in [0.3, 0.4) is 0 Å². The molecule has 1 amide bonds. The second-order valence-corrected chi connectivity index (χ2v) is 9.38. The van der Waals surface area contributed by atoms with E-state index in [1.54, 1.807) is 7.11 Å². The largest absolute Gasteiger partial charge is 0.493 e. The fourth-order valence-electron chi connectivity index (χ4n) is 4.02. The van der Waals surface area contributed by atoms with Crippen LogP contribution in [-0.4, -0.2) is 53.8 Å². The molecule has 1 saturated heterocycles. The van der Waals surface area contributed by atoms with Crippen LogP contribution < -0.4 is 14.8 Å². The van der Waals surface area contributed by atoms with Gasteiger partial charge in [-0.1, -0.05) is 45.4 Å². The summed E-state index contributed by atoms with van der Waals surface area (Å²) in [5.41, 5.74) is 0.893. The van der Waals surface area contributed by atoms with Crippen molar-refractivity contribution in [1.29, 1.82) is 0 Å². The van der Waals surface area contributed by atoms with Gasteiger partial charge in [-0.05, 0) is 50.6 Å². The highest BCUT2D eigenvalue weighted by Crippen LogP contribution is 2.26. The SMILES string of the molecule is COc1ccccc1OCC(C)NC(=O)C1CCCN(Cc2nc(-c3cccc(Br)c3)no2)C1. The molecule has 0 saturated carbocycles. The van der Waals surface area contributed by atoms with E-state index in [1.807, 2.05) is 55.5 Å². The molecular formula is C25H29BrN4O4. The van der Waals surface area contributed by atoms with Crippen molar-refractivity contribution in [2.45, 2.75) is 32.4 Å². The van der Waals surface area contributed by atoms with E-state index in [0.29, 0.717) is 42.9 Å². The highest BCUT2D eigenvalue weighted by molar-refractivity contribution is 9.10. The molecule has 2 unspecified atom stereocenters. The Labute approximate surface area is 207 Å². The van der Waals surface area contributed by atoms with E-state index >= 15 is 0 Å². The van der Waals surface area contributed by atoms with Gasteiger partial charge in [0.1, 0.15) is 6.61 Å². The Hall–Kier alpha value is -2.91. The van der Waals surface area contributed by atoms with Gasteiger partial charge in [0.25, 0.3) is 0 Å². The van der Waals surface area contributed by atoms with E-state index in [4.69, 9.17) is 14.0 Å². The van der Waals surface area contributed by atoms with Crippen LogP contribution in [0.2, 0.25) is 0 Å². The van der Waals surface area contributed by atoms with Crippen molar-refractivity contribution in [2.75, 3.05) is 26.8 Å². The number of benzene rings is 2. The van der Waals surface area contributed by atoms with E-state index in [1.165, 1.54) is 0 Å². The van der Waals surface area contributed by atoms with Gasteiger partial charge < -0.3 is 19.3 Å². The van der Waals surface area contributed by atoms with Crippen LogP contribution in [0.5, 0.6) is 11.5 Å². The predicted octanol–water partition coefficient (Wildman–Crippen LogP) is 4.30. The fraction of sp³-hybridized carbons (Fsp3) is 0.400. The molecule has 1 aromatic heterocycles. The molecule has 1 aliphatic heterocycles. The lowest BCUT2D eigenvalue weighted by molar-refractivity contribution is -0.127. The molecule has 1 N–H and O–H groups in total. The minimum absolute atomic E-state index is 0.0428. The molecule has 2 aromatic carbocycles. The van der Waals surface area contributed by atoms with Crippen molar-refractivity contribution in [2.24, 2.45) is 5.92 Å². The number of halogens is 1. The first-order valence-electron chi connectivity index (χ1n) is 11.4. The summed E-state index contributed by atoms with van der Waals surface area (Å²) >= 11 is 3.47. The van der Waals surface area contributed by atoms with Gasteiger partial charge >= 0.3 is 0 Å². The summed E-state index contributed by atoms with van der Waals surface area (Å²) in [5.74, 6) is 2.40. The maximum atomic E-state index is 12.9. The van der Waals surface area contributed by atoms with Gasteiger partial charge in [0.2, 0.25) is 17.6 Å². The Bertz CT molecular complexity index is 1110. The first-order chi connectivity index (χ1) is 16.5. The highest BCUT2D eigenvalue weighted by atomic mass is 79.9. The highest BCUT2D eigenvalue weighted by Gasteiger charge is 2.27. The van der Waals surface area contributed by atoms with Gasteiger partial charge in [0.15, 0.2) is 11.5 Å². The van der Waals surface area contributed by atoms with Gasteiger partial charge in [-0.2, -0.15) is 4.98 Å². The summed E-state index contributed by atoms with van der Waals surface area (Å²) in [7, 11) is 1.61. The molecule has 34 heavy (non-hydrogen) atoms. The predicted molar refractivity (Wildman–Crippen MR) is 132 cm³/mol. The van der Waals surface area contributed by atoms with Crippen LogP contribution >= 0.6 is 15.9 Å². The Balaban J connectivity index is 1.27. The lowest BCUT2D eigenvalue weighted by Crippen LogP contribution is -2.46. The molecule has 0 aliphatic carbocycles. The van der Waals surface area contributed by atoms with Gasteiger partial charge in [-0.3, -0.25) is 9.69 Å². The van der Waals surface area contributed by atoms with Crippen molar-refractivity contribution in [3.63, 3.8) is 0 Å². The first kappa shape index (κ1) is 24.2. The third kappa shape index (κ3) is 6.36. The zero-order valence-electron chi connectivity index (χ0n) is 19.4. The number of methoxy groups -OCH3 is 1. The number of piperidine rings is 1. The maximum Gasteiger partial charge on any atom is 0.241 e. The molecular weight excluding hydrogens is 500 g/mol. The number of carbonyl (C=O) groups excluding carboxylic acids is 1. The molecule has 0 radical (unpaired) electrons. The monoisotopic (exact) mass is 528 g/mol. The van der Waals surface area contributed by atoms with Gasteiger partial charge in [-0.15, -0.1) is 0 Å². The number of carbonyl (C=O) groups is 1. The standard InChI is InChI=1S/C25H29BrN4O4/c1-17(16-33-22-11-4-3-10-21(22)32-2)27-25(31)19-8-6-12-30(14-19)15-23-28-24(29-34-23)18-7-5-9-20(26)13-18/h3-5,7,9-11,13,17,19H,6,8,12,14-16H2,1-2H3,(H,27,31). The van der Waals surface area contributed by atoms with Crippen molar-refractivity contribution in [3.05, 3.63) is 58.9 Å². The molecule has 1 fully saturated rings. The number of para-hydroxylation sites is 2. The number of hydrogen-bond acceptors (Lipinski definition) is 7. The summed E-state index contributed by atoms with van der Waals surface area (Å²) < 4.78 is 17.6. The first-order valence-corrected chi connectivity index (χ1v) is 12.2. The molecule has 3 aromatic rings. The summed E-state index contributed by atoms with van der Waals surface area (Å²) in [6, 6.07) is 15.1. The van der Waals surface area contributed by atoms with E-state index in [9.17, 15) is 4.79 Å². The second kappa shape index (κ2) is 11.5. The summed E-state index contributed by atoms with van der Waals surface area (Å²) in [6.45, 7) is 4.38. The number of likely N-dealkylation sites (tertiary alicyclic amines) is 1. The molecule has 2 heterocycles. The number of ether oxygens (including phenoxy) is 2. The maximum absolute atomic E-state index is 12.9. The topological polar surface area (TPSA) is 89.7 Å². The lowest BCUT2D eigenvalue weighted by atomic mass is 9.97. The van der Waals surface area contributed by atoms with Crippen molar-refractivity contribution >= 4 is 21.8 Å². The van der Waals surface area contributed by atoms with Crippen LogP contribution in [0.1, 0.15) is 25.7 Å². The molecule has 4 rings (SSSR count). The molecule has 8 nitrogen and oxygen atoms in total. The van der Waals surface area contributed by atoms with Gasteiger partial charge in [-0.25, -0.2) is 0 Å². The molecule has 0 spiro atoms. The summed E-state index contributed by atoms with van der Waals surface area (Å²) in [4.78, 5) is 19.6. The Kier molecular flexibility index (Phi) is 8.18. The zero-order chi connectivity index (χ0) is 23.9. The minimum Gasteiger partial charge on any atom is -0.493 e. The Morgan fingerprint density at radius 3 is 2.88 bits per heavy atom. The van der Waals surface area contributed by atoms with Crippen LogP contribution in [0.4, 0.5) is 0 Å². The summed E-state index contributed by atoms with van der Waals surface area (Å²) in [5, 5.41) is 7.19. The number of aromatic nitrogens is 2. The Morgan fingerprint density at radius 1 is 1.26 bits per heavy atom. The van der Waals surface area contributed by atoms with E-state index in [-0.39, 0.29) is 17.9 Å². The number of nitrogens with one attached hydrogen (secondary N) is 1. The molecule has 0 bridgehead atoms. The van der Waals surface area contributed by atoms with Gasteiger partial charge in [0.05, 0.1) is 25.6 Å². The average Bonchev–Trinajstić information content (AvgIpc) is 3.31. The smallest absolute Gasteiger partial charge is 0.241 e. The Morgan fingerprint density at radius 2 is 2.09 bits per heavy atom. The number of amides is 1. The van der Waals surface area contributed by atoms with Crippen LogP contribution in [0.25, 0.3) is 11.4 Å². The normalized spacial score (nSPS) is 17.2. The van der Waals surface area contributed by atoms with E-state index < -0.39 is 0 Å². The number of nitrogens with zero attached hydrogens (tertiary/aromatic N) is 3. The summed E-state index contributed by atoms with van der Waals surface area (Å²) in [6.07, 6.45) is 1.80. The van der Waals surface area contributed by atoms with Gasteiger partial charge in [0, 0.05) is 16.6 Å². The van der Waals surface area contributed by atoms with E-state index in [0.717, 1.165) is 29.4 Å². The molecule has 9 heteroatoms. The van der Waals surface area contributed by atoms with Crippen LogP contribution in [0, 0.1) is 5.92 Å². The molecule has 1 aliphatic rings. The third-order valence-electron chi connectivity index (χ3n) is 5.73. The number of hydrogen-bond donors (Lipinski definition) is 1. The van der Waals surface area contributed by atoms with E-state index in [2.05, 4.69) is 36.3 Å². The van der Waals surface area contributed by atoms with Crippen LogP contribution in [-0.2, 0) is 11.3 Å². The second-order valence-electron chi connectivity index (χ2n) is 8.47. The fourth-order valence-corrected chi connectivity index (χ4v) is 4.42. The molecule has 2 atom stereocenters. The van der Waals surface area contributed by atoms with Crippen molar-refractivity contribution in [3.8, 4) is 22.9 Å².